The van der Waals surface area contributed by atoms with Gasteiger partial charge < -0.3 is 4.90 Å². The molecule has 0 spiro atoms. The summed E-state index contributed by atoms with van der Waals surface area (Å²) in [4.78, 5) is 14.0. The van der Waals surface area contributed by atoms with E-state index in [0.717, 1.165) is 43.3 Å². The normalized spacial score (nSPS) is 16.8. The number of aromatic nitrogens is 2. The van der Waals surface area contributed by atoms with Crippen LogP contribution in [0.2, 0.25) is 0 Å². The molecule has 0 saturated carbocycles. The lowest BCUT2D eigenvalue weighted by Crippen LogP contribution is -2.43. The molecular weight excluding hydrogens is 364 g/mol. The van der Waals surface area contributed by atoms with Gasteiger partial charge in [-0.25, -0.2) is 9.97 Å². The molecule has 0 amide bonds. The van der Waals surface area contributed by atoms with Crippen LogP contribution in [0.1, 0.15) is 34.7 Å². The Hall–Kier alpha value is -2.24. The molecule has 2 aromatic heterocycles. The number of anilines is 1. The topological polar surface area (TPSA) is 32.3 Å². The second kappa shape index (κ2) is 8.02. The SMILES string of the molecule is Cc1nc(C2(c3ccccc3)CCN(Cc3ccc(N(C)C)nc3)CC2)cs1. The molecule has 3 heterocycles. The minimum Gasteiger partial charge on any atom is -0.363 e. The Balaban J connectivity index is 1.51. The van der Waals surface area contributed by atoms with E-state index in [1.807, 2.05) is 25.2 Å². The maximum atomic E-state index is 4.90. The summed E-state index contributed by atoms with van der Waals surface area (Å²) in [7, 11) is 4.05. The number of likely N-dealkylation sites (tertiary alicyclic amines) is 1. The molecular formula is C23H28N4S. The largest absolute Gasteiger partial charge is 0.363 e. The number of nitrogens with zero attached hydrogens (tertiary/aromatic N) is 4. The van der Waals surface area contributed by atoms with Gasteiger partial charge in [-0.05, 0) is 50.0 Å². The van der Waals surface area contributed by atoms with Crippen LogP contribution in [0.15, 0.2) is 54.0 Å². The van der Waals surface area contributed by atoms with Gasteiger partial charge >= 0.3 is 0 Å². The highest BCUT2D eigenvalue weighted by atomic mass is 32.1. The van der Waals surface area contributed by atoms with Crippen LogP contribution in [-0.4, -0.2) is 42.1 Å². The molecule has 0 atom stereocenters. The van der Waals surface area contributed by atoms with Gasteiger partial charge in [0.25, 0.3) is 0 Å². The average molecular weight is 393 g/mol. The fourth-order valence-corrected chi connectivity index (χ4v) is 4.87. The zero-order valence-electron chi connectivity index (χ0n) is 16.9. The first-order chi connectivity index (χ1) is 13.6. The highest BCUT2D eigenvalue weighted by molar-refractivity contribution is 7.09. The van der Waals surface area contributed by atoms with Gasteiger partial charge in [-0.1, -0.05) is 36.4 Å². The van der Waals surface area contributed by atoms with Crippen LogP contribution >= 0.6 is 11.3 Å². The van der Waals surface area contributed by atoms with Crippen molar-refractivity contribution in [3.05, 3.63) is 75.9 Å². The maximum Gasteiger partial charge on any atom is 0.127 e. The Morgan fingerprint density at radius 1 is 1.07 bits per heavy atom. The third kappa shape index (κ3) is 3.82. The van der Waals surface area contributed by atoms with Gasteiger partial charge in [-0.15, -0.1) is 11.3 Å². The molecule has 4 rings (SSSR count). The van der Waals surface area contributed by atoms with E-state index in [2.05, 4.69) is 64.7 Å². The fraction of sp³-hybridized carbons (Fsp3) is 0.391. The first-order valence-corrected chi connectivity index (χ1v) is 10.8. The fourth-order valence-electron chi connectivity index (χ4n) is 4.16. The summed E-state index contributed by atoms with van der Waals surface area (Å²) in [5, 5.41) is 3.42. The van der Waals surface area contributed by atoms with E-state index >= 15 is 0 Å². The van der Waals surface area contributed by atoms with Crippen molar-refractivity contribution in [2.45, 2.75) is 31.7 Å². The predicted molar refractivity (Wildman–Crippen MR) is 117 cm³/mol. The molecule has 3 aromatic rings. The molecule has 5 heteroatoms. The molecule has 146 valence electrons. The first-order valence-electron chi connectivity index (χ1n) is 9.89. The number of hydrogen-bond acceptors (Lipinski definition) is 5. The van der Waals surface area contributed by atoms with Crippen molar-refractivity contribution in [2.75, 3.05) is 32.1 Å². The Morgan fingerprint density at radius 2 is 1.82 bits per heavy atom. The van der Waals surface area contributed by atoms with E-state index in [0.29, 0.717) is 0 Å². The number of pyridine rings is 1. The van der Waals surface area contributed by atoms with E-state index in [1.165, 1.54) is 16.8 Å². The van der Waals surface area contributed by atoms with Crippen LogP contribution in [0, 0.1) is 6.92 Å². The average Bonchev–Trinajstić information content (AvgIpc) is 3.17. The third-order valence-electron chi connectivity index (χ3n) is 5.82. The van der Waals surface area contributed by atoms with Crippen molar-refractivity contribution < 1.29 is 0 Å². The minimum absolute atomic E-state index is 0.0373. The molecule has 0 radical (unpaired) electrons. The van der Waals surface area contributed by atoms with Crippen molar-refractivity contribution in [1.82, 2.24) is 14.9 Å². The summed E-state index contributed by atoms with van der Waals surface area (Å²) in [6.45, 7) is 5.20. The van der Waals surface area contributed by atoms with Crippen LogP contribution in [0.3, 0.4) is 0 Å². The summed E-state index contributed by atoms with van der Waals surface area (Å²) in [6.07, 6.45) is 4.21. The van der Waals surface area contributed by atoms with Crippen LogP contribution in [-0.2, 0) is 12.0 Å². The summed E-state index contributed by atoms with van der Waals surface area (Å²) >= 11 is 1.76. The predicted octanol–water partition coefficient (Wildman–Crippen LogP) is 4.49. The molecule has 1 aromatic carbocycles. The van der Waals surface area contributed by atoms with Gasteiger partial charge in [-0.3, -0.25) is 4.90 Å². The molecule has 4 nitrogen and oxygen atoms in total. The number of thiazole rings is 1. The van der Waals surface area contributed by atoms with E-state index < -0.39 is 0 Å². The standard InChI is InChI=1S/C23H28N4S/c1-18-25-21(17-28-18)23(20-7-5-4-6-8-20)11-13-27(14-12-23)16-19-9-10-22(24-15-19)26(2)3/h4-10,15,17H,11-14,16H2,1-3H3. The van der Waals surface area contributed by atoms with Crippen molar-refractivity contribution in [2.24, 2.45) is 0 Å². The lowest BCUT2D eigenvalue weighted by atomic mass is 9.70. The van der Waals surface area contributed by atoms with Gasteiger partial charge in [-0.2, -0.15) is 0 Å². The molecule has 28 heavy (non-hydrogen) atoms. The van der Waals surface area contributed by atoms with Gasteiger partial charge in [0.1, 0.15) is 5.82 Å². The second-order valence-corrected chi connectivity index (χ2v) is 8.96. The summed E-state index contributed by atoms with van der Waals surface area (Å²) in [6, 6.07) is 15.3. The highest BCUT2D eigenvalue weighted by Crippen LogP contribution is 2.42. The summed E-state index contributed by atoms with van der Waals surface area (Å²) in [5.41, 5.74) is 3.97. The molecule has 1 saturated heterocycles. The second-order valence-electron chi connectivity index (χ2n) is 7.90. The number of rotatable bonds is 5. The van der Waals surface area contributed by atoms with Gasteiger partial charge in [0.15, 0.2) is 0 Å². The monoisotopic (exact) mass is 392 g/mol. The van der Waals surface area contributed by atoms with Crippen molar-refractivity contribution in [3.8, 4) is 0 Å². The summed E-state index contributed by atoms with van der Waals surface area (Å²) < 4.78 is 0. The summed E-state index contributed by atoms with van der Waals surface area (Å²) in [5.74, 6) is 1.00. The Kier molecular flexibility index (Phi) is 5.47. The molecule has 0 N–H and O–H groups in total. The van der Waals surface area contributed by atoms with Gasteiger partial charge in [0, 0.05) is 37.6 Å². The first kappa shape index (κ1) is 19.1. The van der Waals surface area contributed by atoms with Crippen molar-refractivity contribution >= 4 is 17.2 Å². The van der Waals surface area contributed by atoms with E-state index in [9.17, 15) is 0 Å². The number of piperidine rings is 1. The third-order valence-corrected chi connectivity index (χ3v) is 6.59. The van der Waals surface area contributed by atoms with Crippen molar-refractivity contribution in [1.29, 1.82) is 0 Å². The van der Waals surface area contributed by atoms with Gasteiger partial charge in [0.2, 0.25) is 0 Å². The number of benzene rings is 1. The smallest absolute Gasteiger partial charge is 0.127 e. The van der Waals surface area contributed by atoms with Crippen LogP contribution in [0.4, 0.5) is 5.82 Å². The van der Waals surface area contributed by atoms with Gasteiger partial charge in [0.05, 0.1) is 10.7 Å². The molecule has 1 aliphatic heterocycles. The lowest BCUT2D eigenvalue weighted by molar-refractivity contribution is 0.170. The minimum atomic E-state index is 0.0373. The molecule has 0 aliphatic carbocycles. The molecule has 0 bridgehead atoms. The van der Waals surface area contributed by atoms with E-state index in [-0.39, 0.29) is 5.41 Å². The van der Waals surface area contributed by atoms with E-state index in [4.69, 9.17) is 4.98 Å². The molecule has 1 fully saturated rings. The van der Waals surface area contributed by atoms with Crippen molar-refractivity contribution in [3.63, 3.8) is 0 Å². The molecule has 0 unspecified atom stereocenters. The number of aryl methyl sites for hydroxylation is 1. The van der Waals surface area contributed by atoms with Crippen LogP contribution in [0.5, 0.6) is 0 Å². The Bertz CT molecular complexity index is 894. The van der Waals surface area contributed by atoms with Crippen LogP contribution < -0.4 is 4.90 Å². The lowest BCUT2D eigenvalue weighted by Gasteiger charge is -2.41. The van der Waals surface area contributed by atoms with E-state index in [1.54, 1.807) is 11.3 Å². The Labute approximate surface area is 171 Å². The zero-order chi connectivity index (χ0) is 19.6. The maximum absolute atomic E-state index is 4.90. The Morgan fingerprint density at radius 3 is 2.39 bits per heavy atom. The quantitative estimate of drug-likeness (QED) is 0.640. The van der Waals surface area contributed by atoms with Crippen LogP contribution in [0.25, 0.3) is 0 Å². The highest BCUT2D eigenvalue weighted by Gasteiger charge is 2.39. The molecule has 1 aliphatic rings. The zero-order valence-corrected chi connectivity index (χ0v) is 17.7. The number of hydrogen-bond donors (Lipinski definition) is 0.